The van der Waals surface area contributed by atoms with Crippen molar-refractivity contribution in [3.05, 3.63) is 11.6 Å². The van der Waals surface area contributed by atoms with Crippen molar-refractivity contribution < 1.29 is 9.90 Å². The van der Waals surface area contributed by atoms with E-state index in [1.807, 2.05) is 19.9 Å². The van der Waals surface area contributed by atoms with Crippen molar-refractivity contribution in [2.24, 2.45) is 34.5 Å². The van der Waals surface area contributed by atoms with E-state index in [2.05, 4.69) is 20.8 Å². The number of fused-ring (bicyclic) bond motifs is 5. The normalized spacial score (nSPS) is 50.0. The molecule has 7 atom stereocenters. The minimum atomic E-state index is -0.115. The fraction of sp³-hybridized carbons (Fsp3) is 0.864. The largest absolute Gasteiger partial charge is 0.392 e. The molecule has 136 valence electrons. The lowest BCUT2D eigenvalue weighted by atomic mass is 9.47. The monoisotopic (exact) mass is 332 g/mol. The number of aliphatic hydroxyl groups is 1. The number of carbonyl (C=O) groups excluding carboxylic acids is 1. The molecule has 0 amide bonds. The van der Waals surface area contributed by atoms with E-state index in [1.54, 1.807) is 0 Å². The van der Waals surface area contributed by atoms with E-state index in [9.17, 15) is 9.90 Å². The summed E-state index contributed by atoms with van der Waals surface area (Å²) in [6.07, 6.45) is 9.62. The standard InChI is InChI=1S/C20H30O2.C2H6/c1-12-10-17-15-5-4-13-11-14(21)6-8-19(13,2)16(15)7-9-20(17,3)18(12)22;1-2/h11-12,15-18,22H,4-10H2,1-3H3;1-2H3. The smallest absolute Gasteiger partial charge is 0.155 e. The van der Waals surface area contributed by atoms with E-state index in [-0.39, 0.29) is 16.9 Å². The van der Waals surface area contributed by atoms with Gasteiger partial charge in [0.25, 0.3) is 0 Å². The molecule has 0 spiro atoms. The third-order valence-electron chi connectivity index (χ3n) is 8.24. The molecule has 0 aromatic carbocycles. The van der Waals surface area contributed by atoms with Crippen LogP contribution in [0.2, 0.25) is 0 Å². The van der Waals surface area contributed by atoms with E-state index >= 15 is 0 Å². The average Bonchev–Trinajstić information content (AvgIpc) is 2.81. The molecule has 4 rings (SSSR count). The zero-order valence-electron chi connectivity index (χ0n) is 16.3. The molecule has 0 heterocycles. The van der Waals surface area contributed by atoms with Gasteiger partial charge in [0, 0.05) is 6.42 Å². The number of ketones is 1. The van der Waals surface area contributed by atoms with Gasteiger partial charge in [-0.05, 0) is 79.1 Å². The van der Waals surface area contributed by atoms with Crippen LogP contribution in [0, 0.1) is 34.5 Å². The molecule has 0 radical (unpaired) electrons. The molecular weight excluding hydrogens is 296 g/mol. The number of carbonyl (C=O) groups is 1. The highest BCUT2D eigenvalue weighted by atomic mass is 16.3. The van der Waals surface area contributed by atoms with Crippen LogP contribution in [0.15, 0.2) is 11.6 Å². The Morgan fingerprint density at radius 3 is 2.50 bits per heavy atom. The van der Waals surface area contributed by atoms with Crippen molar-refractivity contribution >= 4 is 5.78 Å². The van der Waals surface area contributed by atoms with E-state index in [4.69, 9.17) is 0 Å². The van der Waals surface area contributed by atoms with Gasteiger partial charge in [-0.1, -0.05) is 40.2 Å². The van der Waals surface area contributed by atoms with Crippen LogP contribution in [0.4, 0.5) is 0 Å². The van der Waals surface area contributed by atoms with Gasteiger partial charge >= 0.3 is 0 Å². The number of allylic oxidation sites excluding steroid dienone is 1. The first-order valence-electron chi connectivity index (χ1n) is 10.3. The molecule has 0 saturated heterocycles. The molecule has 1 N–H and O–H groups in total. The molecule has 0 bridgehead atoms. The van der Waals surface area contributed by atoms with Crippen LogP contribution >= 0.6 is 0 Å². The summed E-state index contributed by atoms with van der Waals surface area (Å²) in [4.78, 5) is 11.8. The Morgan fingerprint density at radius 2 is 1.79 bits per heavy atom. The van der Waals surface area contributed by atoms with Crippen molar-refractivity contribution in [2.45, 2.75) is 85.7 Å². The Balaban J connectivity index is 0.000000815. The van der Waals surface area contributed by atoms with E-state index in [1.165, 1.54) is 31.3 Å². The maximum absolute atomic E-state index is 11.8. The van der Waals surface area contributed by atoms with Gasteiger partial charge in [0.2, 0.25) is 0 Å². The van der Waals surface area contributed by atoms with Crippen LogP contribution in [0.5, 0.6) is 0 Å². The van der Waals surface area contributed by atoms with Gasteiger partial charge in [0.05, 0.1) is 6.10 Å². The molecule has 3 fully saturated rings. The fourth-order valence-corrected chi connectivity index (χ4v) is 6.90. The topological polar surface area (TPSA) is 37.3 Å². The highest BCUT2D eigenvalue weighted by Crippen LogP contribution is 2.65. The summed E-state index contributed by atoms with van der Waals surface area (Å²) >= 11 is 0. The lowest BCUT2D eigenvalue weighted by molar-refractivity contribution is -0.118. The predicted molar refractivity (Wildman–Crippen MR) is 98.6 cm³/mol. The molecule has 0 aromatic heterocycles. The minimum absolute atomic E-state index is 0.115. The summed E-state index contributed by atoms with van der Waals surface area (Å²) in [6, 6.07) is 0. The zero-order chi connectivity index (χ0) is 17.7. The molecule has 4 aliphatic carbocycles. The predicted octanol–water partition coefficient (Wildman–Crippen LogP) is 5.15. The summed E-state index contributed by atoms with van der Waals surface area (Å²) in [6.45, 7) is 11.0. The minimum Gasteiger partial charge on any atom is -0.392 e. The van der Waals surface area contributed by atoms with Crippen molar-refractivity contribution in [3.63, 3.8) is 0 Å². The van der Waals surface area contributed by atoms with Crippen molar-refractivity contribution in [3.8, 4) is 0 Å². The Labute approximate surface area is 148 Å². The van der Waals surface area contributed by atoms with Gasteiger partial charge in [0.15, 0.2) is 5.78 Å². The Bertz CT molecular complexity index is 536. The second-order valence-electron chi connectivity index (χ2n) is 9.17. The maximum Gasteiger partial charge on any atom is 0.155 e. The SMILES string of the molecule is CC.CC1CC2C3CCC4=CC(=O)CCC4(C)C3CCC2(C)C1O. The molecule has 2 nitrogen and oxygen atoms in total. The number of rotatable bonds is 0. The second-order valence-corrected chi connectivity index (χ2v) is 9.17. The molecule has 4 aliphatic rings. The van der Waals surface area contributed by atoms with Crippen molar-refractivity contribution in [1.82, 2.24) is 0 Å². The summed E-state index contributed by atoms with van der Waals surface area (Å²) in [5.74, 6) is 2.97. The van der Waals surface area contributed by atoms with Crippen LogP contribution < -0.4 is 0 Å². The van der Waals surface area contributed by atoms with E-state index in [0.29, 0.717) is 17.6 Å². The van der Waals surface area contributed by atoms with Gasteiger partial charge in [-0.3, -0.25) is 4.79 Å². The maximum atomic E-state index is 11.8. The molecule has 7 unspecified atom stereocenters. The quantitative estimate of drug-likeness (QED) is 0.666. The first-order chi connectivity index (χ1) is 11.4. The summed E-state index contributed by atoms with van der Waals surface area (Å²) < 4.78 is 0. The van der Waals surface area contributed by atoms with Gasteiger partial charge in [-0.25, -0.2) is 0 Å². The van der Waals surface area contributed by atoms with Crippen LogP contribution in [0.25, 0.3) is 0 Å². The lowest BCUT2D eigenvalue weighted by Gasteiger charge is -2.57. The number of hydrogen-bond donors (Lipinski definition) is 1. The van der Waals surface area contributed by atoms with Crippen molar-refractivity contribution in [2.75, 3.05) is 0 Å². The van der Waals surface area contributed by atoms with Gasteiger partial charge in [-0.2, -0.15) is 0 Å². The molecular formula is C22H36O2. The summed E-state index contributed by atoms with van der Waals surface area (Å²) in [5, 5.41) is 10.7. The van der Waals surface area contributed by atoms with E-state index in [0.717, 1.165) is 31.1 Å². The molecule has 0 aliphatic heterocycles. The molecule has 2 heteroatoms. The van der Waals surface area contributed by atoms with Crippen LogP contribution in [-0.4, -0.2) is 17.0 Å². The first kappa shape index (κ1) is 18.2. The fourth-order valence-electron chi connectivity index (χ4n) is 6.90. The third kappa shape index (κ3) is 2.43. The summed E-state index contributed by atoms with van der Waals surface area (Å²) in [5.41, 5.74) is 1.85. The average molecular weight is 333 g/mol. The Morgan fingerprint density at radius 1 is 1.08 bits per heavy atom. The van der Waals surface area contributed by atoms with Crippen LogP contribution in [0.3, 0.4) is 0 Å². The summed E-state index contributed by atoms with van der Waals surface area (Å²) in [7, 11) is 0. The first-order valence-corrected chi connectivity index (χ1v) is 10.3. The Kier molecular flexibility index (Phi) is 4.75. The molecule has 24 heavy (non-hydrogen) atoms. The van der Waals surface area contributed by atoms with Crippen LogP contribution in [-0.2, 0) is 4.79 Å². The van der Waals surface area contributed by atoms with Gasteiger partial charge < -0.3 is 5.11 Å². The number of hydrogen-bond acceptors (Lipinski definition) is 2. The zero-order valence-corrected chi connectivity index (χ0v) is 16.3. The highest BCUT2D eigenvalue weighted by molar-refractivity contribution is 5.91. The van der Waals surface area contributed by atoms with Crippen molar-refractivity contribution in [1.29, 1.82) is 0 Å². The highest BCUT2D eigenvalue weighted by Gasteiger charge is 2.60. The van der Waals surface area contributed by atoms with E-state index < -0.39 is 0 Å². The second kappa shape index (κ2) is 6.27. The Hall–Kier alpha value is -0.630. The lowest BCUT2D eigenvalue weighted by Crippen LogP contribution is -2.51. The van der Waals surface area contributed by atoms with Crippen LogP contribution in [0.1, 0.15) is 79.6 Å². The van der Waals surface area contributed by atoms with Gasteiger partial charge in [-0.15, -0.1) is 0 Å². The number of aliphatic hydroxyl groups excluding tert-OH is 1. The third-order valence-corrected chi connectivity index (χ3v) is 8.24. The molecule has 3 saturated carbocycles. The van der Waals surface area contributed by atoms with Gasteiger partial charge in [0.1, 0.15) is 0 Å². The molecule has 0 aromatic rings.